The molecule has 1 aromatic carbocycles. The van der Waals surface area contributed by atoms with E-state index in [0.29, 0.717) is 11.4 Å². The van der Waals surface area contributed by atoms with Gasteiger partial charge in [-0.1, -0.05) is 18.2 Å². The van der Waals surface area contributed by atoms with E-state index < -0.39 is 0 Å². The van der Waals surface area contributed by atoms with Crippen LogP contribution in [0.25, 0.3) is 22.1 Å². The molecule has 0 amide bonds. The number of nitrogens with zero attached hydrogens (tertiary/aromatic N) is 3. The van der Waals surface area contributed by atoms with Gasteiger partial charge in [0.25, 0.3) is 0 Å². The predicted octanol–water partition coefficient (Wildman–Crippen LogP) is 2.85. The molecule has 1 atom stereocenters. The average Bonchev–Trinajstić information content (AvgIpc) is 2.76. The number of H-pyrrole nitrogens is 1. The highest BCUT2D eigenvalue weighted by molar-refractivity contribution is 7.71. The normalized spacial score (nSPS) is 13.2. The Bertz CT molecular complexity index is 792. The first-order valence-electron chi connectivity index (χ1n) is 6.07. The second-order valence-corrected chi connectivity index (χ2v) is 4.89. The molecule has 2 heterocycles. The quantitative estimate of drug-likeness (QED) is 0.746. The lowest BCUT2D eigenvalue weighted by atomic mass is 10.2. The van der Waals surface area contributed by atoms with Crippen LogP contribution >= 0.6 is 12.2 Å². The van der Waals surface area contributed by atoms with Gasteiger partial charge in [-0.05, 0) is 25.2 Å². The summed E-state index contributed by atoms with van der Waals surface area (Å²) in [6.45, 7) is 2.62. The van der Waals surface area contributed by atoms with Crippen molar-refractivity contribution in [2.24, 2.45) is 0 Å². The standard InChI is InChI=1S/C13H14N4OS/c1-8(7-18-2)17-12-11(15-16-13(17)19)9-5-3-4-6-10(9)14-12/h3-6,8,14H,7H2,1-2H3/t8-/m1/s1. The van der Waals surface area contributed by atoms with E-state index in [4.69, 9.17) is 17.0 Å². The minimum absolute atomic E-state index is 0.101. The van der Waals surface area contributed by atoms with Crippen molar-refractivity contribution in [2.75, 3.05) is 13.7 Å². The summed E-state index contributed by atoms with van der Waals surface area (Å²) in [4.78, 5) is 3.36. The molecule has 0 aliphatic carbocycles. The third kappa shape index (κ3) is 1.93. The van der Waals surface area contributed by atoms with Gasteiger partial charge in [0.2, 0.25) is 4.77 Å². The Labute approximate surface area is 115 Å². The number of methoxy groups -OCH3 is 1. The molecule has 3 rings (SSSR count). The van der Waals surface area contributed by atoms with Crippen LogP contribution in [0.15, 0.2) is 24.3 Å². The summed E-state index contributed by atoms with van der Waals surface area (Å²) < 4.78 is 7.63. The van der Waals surface area contributed by atoms with Gasteiger partial charge in [-0.3, -0.25) is 4.57 Å². The molecule has 19 heavy (non-hydrogen) atoms. The van der Waals surface area contributed by atoms with E-state index in [0.717, 1.165) is 22.1 Å². The summed E-state index contributed by atoms with van der Waals surface area (Å²) in [5.41, 5.74) is 2.77. The molecule has 0 unspecified atom stereocenters. The van der Waals surface area contributed by atoms with Gasteiger partial charge in [0.1, 0.15) is 11.2 Å². The van der Waals surface area contributed by atoms with Crippen molar-refractivity contribution in [1.82, 2.24) is 19.7 Å². The predicted molar refractivity (Wildman–Crippen MR) is 76.8 cm³/mol. The van der Waals surface area contributed by atoms with Crippen molar-refractivity contribution >= 4 is 34.3 Å². The summed E-state index contributed by atoms with van der Waals surface area (Å²) in [6.07, 6.45) is 0. The topological polar surface area (TPSA) is 55.7 Å². The lowest BCUT2D eigenvalue weighted by Gasteiger charge is -2.15. The van der Waals surface area contributed by atoms with Crippen molar-refractivity contribution in [3.8, 4) is 0 Å². The number of hydrogen-bond acceptors (Lipinski definition) is 4. The first-order valence-corrected chi connectivity index (χ1v) is 6.47. The van der Waals surface area contributed by atoms with Gasteiger partial charge in [-0.25, -0.2) is 0 Å². The smallest absolute Gasteiger partial charge is 0.222 e. The Morgan fingerprint density at radius 1 is 1.37 bits per heavy atom. The summed E-state index contributed by atoms with van der Waals surface area (Å²) in [5, 5.41) is 9.36. The molecule has 0 saturated heterocycles. The van der Waals surface area contributed by atoms with Gasteiger partial charge in [0.05, 0.1) is 12.6 Å². The number of nitrogens with one attached hydrogen (secondary N) is 1. The zero-order valence-electron chi connectivity index (χ0n) is 10.8. The zero-order chi connectivity index (χ0) is 13.4. The average molecular weight is 274 g/mol. The molecular formula is C13H14N4OS. The number of ether oxygens (including phenoxy) is 1. The molecule has 2 aromatic heterocycles. The van der Waals surface area contributed by atoms with Crippen LogP contribution in [0, 0.1) is 4.77 Å². The maximum atomic E-state index is 5.29. The number of aromatic amines is 1. The summed E-state index contributed by atoms with van der Waals surface area (Å²) in [6, 6.07) is 8.12. The Balaban J connectivity index is 2.36. The van der Waals surface area contributed by atoms with E-state index in [1.54, 1.807) is 7.11 Å². The Morgan fingerprint density at radius 2 is 2.16 bits per heavy atom. The van der Waals surface area contributed by atoms with Crippen LogP contribution in [-0.2, 0) is 4.74 Å². The zero-order valence-corrected chi connectivity index (χ0v) is 11.6. The Morgan fingerprint density at radius 3 is 2.95 bits per heavy atom. The van der Waals surface area contributed by atoms with Crippen LogP contribution < -0.4 is 0 Å². The SMILES string of the molecule is COC[C@@H](C)n1c(=S)nnc2c3ccccc3[nH]c21. The van der Waals surface area contributed by atoms with Crippen LogP contribution in [0.3, 0.4) is 0 Å². The fraction of sp³-hybridized carbons (Fsp3) is 0.308. The van der Waals surface area contributed by atoms with Gasteiger partial charge in [0.15, 0.2) is 0 Å². The van der Waals surface area contributed by atoms with Gasteiger partial charge in [-0.15, -0.1) is 10.2 Å². The van der Waals surface area contributed by atoms with E-state index in [1.165, 1.54) is 0 Å². The molecule has 6 heteroatoms. The molecule has 98 valence electrons. The molecular weight excluding hydrogens is 260 g/mol. The van der Waals surface area contributed by atoms with Crippen LogP contribution in [0.4, 0.5) is 0 Å². The molecule has 3 aromatic rings. The fourth-order valence-electron chi connectivity index (χ4n) is 2.35. The molecule has 0 saturated carbocycles. The van der Waals surface area contributed by atoms with Gasteiger partial charge in [-0.2, -0.15) is 0 Å². The van der Waals surface area contributed by atoms with Crippen LogP contribution in [-0.4, -0.2) is 33.5 Å². The van der Waals surface area contributed by atoms with E-state index in [9.17, 15) is 0 Å². The van der Waals surface area contributed by atoms with Crippen molar-refractivity contribution in [3.05, 3.63) is 29.0 Å². The highest BCUT2D eigenvalue weighted by atomic mass is 32.1. The molecule has 0 bridgehead atoms. The van der Waals surface area contributed by atoms with Crippen LogP contribution in [0.1, 0.15) is 13.0 Å². The molecule has 0 aliphatic rings. The lowest BCUT2D eigenvalue weighted by Crippen LogP contribution is -2.15. The third-order valence-corrected chi connectivity index (χ3v) is 3.47. The molecule has 0 aliphatic heterocycles. The van der Waals surface area contributed by atoms with Gasteiger partial charge < -0.3 is 9.72 Å². The van der Waals surface area contributed by atoms with Crippen molar-refractivity contribution in [3.63, 3.8) is 0 Å². The van der Waals surface area contributed by atoms with Gasteiger partial charge >= 0.3 is 0 Å². The van der Waals surface area contributed by atoms with E-state index in [-0.39, 0.29) is 6.04 Å². The lowest BCUT2D eigenvalue weighted by molar-refractivity contribution is 0.162. The third-order valence-electron chi connectivity index (χ3n) is 3.19. The molecule has 1 N–H and O–H groups in total. The van der Waals surface area contributed by atoms with E-state index in [1.807, 2.05) is 35.8 Å². The number of fused-ring (bicyclic) bond motifs is 3. The minimum atomic E-state index is 0.101. The molecule has 5 nitrogen and oxygen atoms in total. The summed E-state index contributed by atoms with van der Waals surface area (Å²) in [7, 11) is 1.68. The highest BCUT2D eigenvalue weighted by Gasteiger charge is 2.14. The number of para-hydroxylation sites is 1. The van der Waals surface area contributed by atoms with E-state index in [2.05, 4.69) is 15.2 Å². The summed E-state index contributed by atoms with van der Waals surface area (Å²) >= 11 is 5.29. The van der Waals surface area contributed by atoms with Gasteiger partial charge in [0, 0.05) is 18.0 Å². The first-order chi connectivity index (χ1) is 9.22. The maximum absolute atomic E-state index is 5.29. The van der Waals surface area contributed by atoms with Crippen molar-refractivity contribution in [1.29, 1.82) is 0 Å². The molecule has 0 spiro atoms. The minimum Gasteiger partial charge on any atom is -0.383 e. The number of hydrogen-bond donors (Lipinski definition) is 1. The highest BCUT2D eigenvalue weighted by Crippen LogP contribution is 2.24. The van der Waals surface area contributed by atoms with Crippen LogP contribution in [0.5, 0.6) is 0 Å². The van der Waals surface area contributed by atoms with Crippen LogP contribution in [0.2, 0.25) is 0 Å². The number of benzene rings is 1. The van der Waals surface area contributed by atoms with E-state index >= 15 is 0 Å². The monoisotopic (exact) mass is 274 g/mol. The second-order valence-electron chi connectivity index (χ2n) is 4.52. The summed E-state index contributed by atoms with van der Waals surface area (Å²) in [5.74, 6) is 0. The maximum Gasteiger partial charge on any atom is 0.222 e. The first kappa shape index (κ1) is 12.3. The molecule has 0 fully saturated rings. The fourth-order valence-corrected chi connectivity index (χ4v) is 2.66. The van der Waals surface area contributed by atoms with Crippen molar-refractivity contribution < 1.29 is 4.74 Å². The molecule has 0 radical (unpaired) electrons. The Kier molecular flexibility index (Phi) is 3.04. The van der Waals surface area contributed by atoms with Crippen molar-refractivity contribution in [2.45, 2.75) is 13.0 Å². The second kappa shape index (κ2) is 4.71. The largest absolute Gasteiger partial charge is 0.383 e. The number of rotatable bonds is 3. The number of aromatic nitrogens is 4. The Hall–Kier alpha value is -1.79.